The molecule has 0 saturated heterocycles. The van der Waals surface area contributed by atoms with Crippen LogP contribution < -0.4 is 5.32 Å². The molecule has 32 heavy (non-hydrogen) atoms. The molecule has 1 amide bonds. The number of carbonyl (C=O) groups is 1. The number of halogens is 1. The Morgan fingerprint density at radius 1 is 1.06 bits per heavy atom. The number of aryl methyl sites for hydroxylation is 4. The van der Waals surface area contributed by atoms with Gasteiger partial charge in [0.2, 0.25) is 11.1 Å². The van der Waals surface area contributed by atoms with Crippen molar-refractivity contribution in [2.24, 2.45) is 0 Å². The number of aromatic nitrogens is 4. The predicted octanol–water partition coefficient (Wildman–Crippen LogP) is 5.33. The molecule has 0 radical (unpaired) electrons. The molecule has 0 atom stereocenters. The molecule has 1 N–H and O–H groups in total. The Balaban J connectivity index is 1.49. The van der Waals surface area contributed by atoms with Crippen molar-refractivity contribution in [3.63, 3.8) is 0 Å². The smallest absolute Gasteiger partial charge is 0.253 e. The lowest BCUT2D eigenvalue weighted by molar-refractivity contribution is -0.113. The van der Waals surface area contributed by atoms with E-state index in [9.17, 15) is 4.79 Å². The van der Waals surface area contributed by atoms with Crippen molar-refractivity contribution in [3.8, 4) is 0 Å². The summed E-state index contributed by atoms with van der Waals surface area (Å²) in [6.07, 6.45) is 0.710. The summed E-state index contributed by atoms with van der Waals surface area (Å²) in [7, 11) is 0. The quantitative estimate of drug-likeness (QED) is 0.389. The largest absolute Gasteiger partial charge is 0.325 e. The first-order valence-corrected chi connectivity index (χ1v) is 11.6. The first-order chi connectivity index (χ1) is 15.3. The van der Waals surface area contributed by atoms with E-state index in [2.05, 4.69) is 26.4 Å². The normalized spacial score (nSPS) is 11.2. The van der Waals surface area contributed by atoms with E-state index in [0.29, 0.717) is 22.4 Å². The summed E-state index contributed by atoms with van der Waals surface area (Å²) in [5, 5.41) is 8.76. The minimum atomic E-state index is -0.0960. The second-order valence-electron chi connectivity index (χ2n) is 7.89. The van der Waals surface area contributed by atoms with Gasteiger partial charge in [0.1, 0.15) is 0 Å². The van der Waals surface area contributed by atoms with Crippen LogP contribution in [0.25, 0.3) is 5.78 Å². The van der Waals surface area contributed by atoms with E-state index >= 15 is 0 Å². The van der Waals surface area contributed by atoms with E-state index in [1.807, 2.05) is 64.1 Å². The van der Waals surface area contributed by atoms with Gasteiger partial charge in [0.25, 0.3) is 5.78 Å². The topological polar surface area (TPSA) is 72.2 Å². The molecule has 6 nitrogen and oxygen atoms in total. The minimum Gasteiger partial charge on any atom is -0.325 e. The highest BCUT2D eigenvalue weighted by atomic mass is 35.5. The SMILES string of the molecule is Cc1cc(C)cc(NC(=O)CSc2nc3nc(C)c(Cc4cccc(Cl)c4)c(C)n3n2)c1. The van der Waals surface area contributed by atoms with Crippen molar-refractivity contribution >= 4 is 40.7 Å². The number of nitrogens with one attached hydrogen (secondary N) is 1. The van der Waals surface area contributed by atoms with E-state index in [0.717, 1.165) is 39.3 Å². The third-order valence-corrected chi connectivity index (χ3v) is 6.21. The third-order valence-electron chi connectivity index (χ3n) is 5.14. The van der Waals surface area contributed by atoms with Crippen LogP contribution in [-0.4, -0.2) is 31.2 Å². The molecule has 4 rings (SSSR count). The molecule has 164 valence electrons. The maximum atomic E-state index is 12.4. The average Bonchev–Trinajstić information content (AvgIpc) is 3.12. The summed E-state index contributed by atoms with van der Waals surface area (Å²) in [5.74, 6) is 0.658. The van der Waals surface area contributed by atoms with Gasteiger partial charge in [-0.1, -0.05) is 41.6 Å². The lowest BCUT2D eigenvalue weighted by atomic mass is 10.0. The van der Waals surface area contributed by atoms with Gasteiger partial charge in [-0.25, -0.2) is 9.50 Å². The predicted molar refractivity (Wildman–Crippen MR) is 130 cm³/mol. The van der Waals surface area contributed by atoms with Crippen LogP contribution in [0.1, 0.15) is 33.6 Å². The van der Waals surface area contributed by atoms with Crippen LogP contribution in [0.4, 0.5) is 5.69 Å². The summed E-state index contributed by atoms with van der Waals surface area (Å²) >= 11 is 7.43. The number of fused-ring (bicyclic) bond motifs is 1. The number of nitrogens with zero attached hydrogens (tertiary/aromatic N) is 4. The van der Waals surface area contributed by atoms with Crippen molar-refractivity contribution in [1.82, 2.24) is 19.6 Å². The second kappa shape index (κ2) is 9.30. The fraction of sp³-hybridized carbons (Fsp3) is 0.250. The Kier molecular flexibility index (Phi) is 6.48. The number of amides is 1. The maximum absolute atomic E-state index is 12.4. The number of hydrogen-bond donors (Lipinski definition) is 1. The number of benzene rings is 2. The number of anilines is 1. The summed E-state index contributed by atoms with van der Waals surface area (Å²) < 4.78 is 1.75. The Labute approximate surface area is 196 Å². The highest BCUT2D eigenvalue weighted by Gasteiger charge is 2.15. The molecule has 4 aromatic rings. The fourth-order valence-electron chi connectivity index (χ4n) is 3.73. The number of carbonyl (C=O) groups excluding carboxylic acids is 1. The molecule has 0 fully saturated rings. The molecule has 2 aromatic heterocycles. The Morgan fingerprint density at radius 3 is 2.53 bits per heavy atom. The summed E-state index contributed by atoms with van der Waals surface area (Å²) in [6.45, 7) is 8.01. The van der Waals surface area contributed by atoms with Gasteiger partial charge in [-0.15, -0.1) is 5.10 Å². The molecule has 8 heteroatoms. The van der Waals surface area contributed by atoms with Crippen molar-refractivity contribution in [2.45, 2.75) is 39.3 Å². The Hall–Kier alpha value is -2.90. The third kappa shape index (κ3) is 5.11. The highest BCUT2D eigenvalue weighted by Crippen LogP contribution is 2.22. The van der Waals surface area contributed by atoms with Crippen molar-refractivity contribution in [2.75, 3.05) is 11.1 Å². The lowest BCUT2D eigenvalue weighted by Crippen LogP contribution is -2.14. The molecule has 0 aliphatic rings. The molecular formula is C24H24ClN5OS. The summed E-state index contributed by atoms with van der Waals surface area (Å²) in [5.41, 5.74) is 7.12. The van der Waals surface area contributed by atoms with Gasteiger partial charge in [-0.05, 0) is 74.2 Å². The first-order valence-electron chi connectivity index (χ1n) is 10.3. The van der Waals surface area contributed by atoms with Crippen molar-refractivity contribution < 1.29 is 4.79 Å². The van der Waals surface area contributed by atoms with E-state index in [1.165, 1.54) is 11.8 Å². The van der Waals surface area contributed by atoms with Crippen LogP contribution in [0, 0.1) is 27.7 Å². The van der Waals surface area contributed by atoms with E-state index < -0.39 is 0 Å². The Bertz CT molecular complexity index is 1300. The average molecular weight is 466 g/mol. The van der Waals surface area contributed by atoms with Crippen LogP contribution >= 0.6 is 23.4 Å². The Morgan fingerprint density at radius 2 is 1.81 bits per heavy atom. The standard InChI is InChI=1S/C24H24ClN5OS/c1-14-8-15(2)10-20(9-14)27-22(31)13-32-24-28-23-26-16(3)21(17(4)30(23)29-24)12-18-6-5-7-19(25)11-18/h5-11H,12-13H2,1-4H3,(H,27,31). The van der Waals surface area contributed by atoms with Crippen LogP contribution in [-0.2, 0) is 11.2 Å². The van der Waals surface area contributed by atoms with Gasteiger partial charge < -0.3 is 5.32 Å². The lowest BCUT2D eigenvalue weighted by Gasteiger charge is -2.10. The van der Waals surface area contributed by atoms with E-state index in [-0.39, 0.29) is 11.7 Å². The van der Waals surface area contributed by atoms with Crippen LogP contribution in [0.3, 0.4) is 0 Å². The number of hydrogen-bond acceptors (Lipinski definition) is 5. The van der Waals surface area contributed by atoms with E-state index in [4.69, 9.17) is 11.6 Å². The second-order valence-corrected chi connectivity index (χ2v) is 9.27. The van der Waals surface area contributed by atoms with Gasteiger partial charge in [-0.2, -0.15) is 4.98 Å². The summed E-state index contributed by atoms with van der Waals surface area (Å²) in [4.78, 5) is 21.5. The van der Waals surface area contributed by atoms with Gasteiger partial charge in [0.05, 0.1) is 5.75 Å². The van der Waals surface area contributed by atoms with E-state index in [1.54, 1.807) is 4.52 Å². The van der Waals surface area contributed by atoms with Crippen LogP contribution in [0.5, 0.6) is 0 Å². The molecule has 2 aromatic carbocycles. The van der Waals surface area contributed by atoms with Crippen LogP contribution in [0.15, 0.2) is 47.6 Å². The zero-order valence-corrected chi connectivity index (χ0v) is 20.0. The zero-order valence-electron chi connectivity index (χ0n) is 18.4. The molecular weight excluding hydrogens is 442 g/mol. The fourth-order valence-corrected chi connectivity index (χ4v) is 4.56. The highest BCUT2D eigenvalue weighted by molar-refractivity contribution is 7.99. The van der Waals surface area contributed by atoms with Crippen LogP contribution in [0.2, 0.25) is 5.02 Å². The zero-order chi connectivity index (χ0) is 22.8. The monoisotopic (exact) mass is 465 g/mol. The molecule has 0 spiro atoms. The molecule has 0 aliphatic heterocycles. The number of thioether (sulfide) groups is 1. The first kappa shape index (κ1) is 22.3. The minimum absolute atomic E-state index is 0.0960. The van der Waals surface area contributed by atoms with Gasteiger partial charge in [-0.3, -0.25) is 4.79 Å². The molecule has 0 aliphatic carbocycles. The molecule has 2 heterocycles. The maximum Gasteiger partial charge on any atom is 0.253 e. The van der Waals surface area contributed by atoms with Crippen molar-refractivity contribution in [3.05, 3.63) is 81.1 Å². The van der Waals surface area contributed by atoms with Gasteiger partial charge in [0.15, 0.2) is 0 Å². The van der Waals surface area contributed by atoms with Gasteiger partial charge >= 0.3 is 0 Å². The molecule has 0 unspecified atom stereocenters. The molecule has 0 saturated carbocycles. The summed E-state index contributed by atoms with van der Waals surface area (Å²) in [6, 6.07) is 13.8. The number of rotatable bonds is 6. The van der Waals surface area contributed by atoms with Crippen molar-refractivity contribution in [1.29, 1.82) is 0 Å². The molecule has 0 bridgehead atoms. The van der Waals surface area contributed by atoms with Gasteiger partial charge in [0, 0.05) is 28.5 Å².